The van der Waals surface area contributed by atoms with Crippen LogP contribution in [0.15, 0.2) is 24.3 Å². The monoisotopic (exact) mass is 216 g/mol. The highest BCUT2D eigenvalue weighted by atomic mass is 16.5. The van der Waals surface area contributed by atoms with Crippen LogP contribution >= 0.6 is 0 Å². The van der Waals surface area contributed by atoms with Gasteiger partial charge in [-0.05, 0) is 31.5 Å². The van der Waals surface area contributed by atoms with Gasteiger partial charge in [0, 0.05) is 18.0 Å². The van der Waals surface area contributed by atoms with Crippen LogP contribution in [0.5, 0.6) is 5.75 Å². The molecule has 0 fully saturated rings. The van der Waals surface area contributed by atoms with Crippen LogP contribution in [0.1, 0.15) is 18.2 Å². The summed E-state index contributed by atoms with van der Waals surface area (Å²) in [6.45, 7) is 5.11. The van der Waals surface area contributed by atoms with Crippen molar-refractivity contribution in [3.8, 4) is 5.75 Å². The number of aryl methyl sites for hydroxylation is 1. The van der Waals surface area contributed by atoms with Crippen molar-refractivity contribution in [2.45, 2.75) is 20.4 Å². The number of hydrogen-bond acceptors (Lipinski definition) is 3. The summed E-state index contributed by atoms with van der Waals surface area (Å²) in [6, 6.07) is 8.08. The molecule has 0 saturated carbocycles. The summed E-state index contributed by atoms with van der Waals surface area (Å²) in [5.41, 5.74) is 8.63. The van der Waals surface area contributed by atoms with Gasteiger partial charge in [0.2, 0.25) is 0 Å². The molecule has 0 aliphatic rings. The minimum absolute atomic E-state index is 0.434. The summed E-state index contributed by atoms with van der Waals surface area (Å²) in [6.07, 6.45) is 0. The summed E-state index contributed by atoms with van der Waals surface area (Å²) in [5, 5.41) is 1.05. The fourth-order valence-corrected chi connectivity index (χ4v) is 1.74. The van der Waals surface area contributed by atoms with E-state index in [1.165, 1.54) is 5.56 Å². The van der Waals surface area contributed by atoms with Crippen molar-refractivity contribution in [2.75, 3.05) is 6.61 Å². The molecule has 16 heavy (non-hydrogen) atoms. The van der Waals surface area contributed by atoms with Crippen LogP contribution in [0.3, 0.4) is 0 Å². The van der Waals surface area contributed by atoms with Gasteiger partial charge < -0.3 is 10.5 Å². The first-order chi connectivity index (χ1) is 7.74. The van der Waals surface area contributed by atoms with Crippen LogP contribution in [-0.2, 0) is 6.54 Å². The smallest absolute Gasteiger partial charge is 0.130 e. The molecule has 1 aromatic heterocycles. The lowest BCUT2D eigenvalue weighted by atomic mass is 10.1. The van der Waals surface area contributed by atoms with Gasteiger partial charge in [0.25, 0.3) is 0 Å². The van der Waals surface area contributed by atoms with Crippen molar-refractivity contribution in [1.82, 2.24) is 4.98 Å². The molecule has 0 radical (unpaired) electrons. The number of nitrogens with two attached hydrogens (primary N) is 1. The lowest BCUT2D eigenvalue weighted by Gasteiger charge is -2.09. The number of fused-ring (bicyclic) bond motifs is 1. The molecule has 0 aliphatic heterocycles. The van der Waals surface area contributed by atoms with E-state index >= 15 is 0 Å². The highest BCUT2D eigenvalue weighted by molar-refractivity contribution is 5.85. The molecule has 0 aliphatic carbocycles. The van der Waals surface area contributed by atoms with Gasteiger partial charge in [0.1, 0.15) is 5.75 Å². The van der Waals surface area contributed by atoms with E-state index in [9.17, 15) is 0 Å². The van der Waals surface area contributed by atoms with Crippen molar-refractivity contribution >= 4 is 10.9 Å². The Morgan fingerprint density at radius 1 is 1.31 bits per heavy atom. The fraction of sp³-hybridized carbons (Fsp3) is 0.308. The first-order valence-corrected chi connectivity index (χ1v) is 5.47. The molecule has 0 amide bonds. The van der Waals surface area contributed by atoms with E-state index in [2.05, 4.69) is 24.0 Å². The maximum atomic E-state index is 5.63. The second-order valence-corrected chi connectivity index (χ2v) is 3.77. The SMILES string of the molecule is CCOc1cc(CN)nc2cc(C)ccc12. The van der Waals surface area contributed by atoms with Crippen LogP contribution in [0.4, 0.5) is 0 Å². The highest BCUT2D eigenvalue weighted by Crippen LogP contribution is 2.26. The number of aromatic nitrogens is 1. The lowest BCUT2D eigenvalue weighted by molar-refractivity contribution is 0.343. The Morgan fingerprint density at radius 3 is 2.81 bits per heavy atom. The van der Waals surface area contributed by atoms with Crippen molar-refractivity contribution < 1.29 is 4.74 Å². The molecule has 0 unspecified atom stereocenters. The number of hydrogen-bond donors (Lipinski definition) is 1. The maximum absolute atomic E-state index is 5.63. The van der Waals surface area contributed by atoms with Crippen LogP contribution in [-0.4, -0.2) is 11.6 Å². The third-order valence-electron chi connectivity index (χ3n) is 2.49. The average molecular weight is 216 g/mol. The van der Waals surface area contributed by atoms with Crippen molar-refractivity contribution in [1.29, 1.82) is 0 Å². The van der Waals surface area contributed by atoms with Gasteiger partial charge in [0.15, 0.2) is 0 Å². The first kappa shape index (κ1) is 10.9. The Kier molecular flexibility index (Phi) is 3.06. The molecule has 1 heterocycles. The van der Waals surface area contributed by atoms with E-state index in [0.29, 0.717) is 13.2 Å². The van der Waals surface area contributed by atoms with Crippen LogP contribution in [0, 0.1) is 6.92 Å². The summed E-state index contributed by atoms with van der Waals surface area (Å²) < 4.78 is 5.61. The van der Waals surface area contributed by atoms with E-state index in [1.807, 2.05) is 19.1 Å². The van der Waals surface area contributed by atoms with Crippen LogP contribution < -0.4 is 10.5 Å². The molecule has 2 aromatic rings. The number of benzene rings is 1. The molecule has 3 nitrogen and oxygen atoms in total. The molecule has 0 saturated heterocycles. The standard InChI is InChI=1S/C13H16N2O/c1-3-16-13-7-10(8-14)15-12-6-9(2)4-5-11(12)13/h4-7H,3,8,14H2,1-2H3. The number of ether oxygens (including phenoxy) is 1. The number of pyridine rings is 1. The molecule has 84 valence electrons. The van der Waals surface area contributed by atoms with Gasteiger partial charge in [-0.1, -0.05) is 6.07 Å². The Labute approximate surface area is 95.2 Å². The Hall–Kier alpha value is -1.61. The van der Waals surface area contributed by atoms with Gasteiger partial charge in [-0.15, -0.1) is 0 Å². The van der Waals surface area contributed by atoms with E-state index in [-0.39, 0.29) is 0 Å². The zero-order valence-corrected chi connectivity index (χ0v) is 9.66. The van der Waals surface area contributed by atoms with Gasteiger partial charge >= 0.3 is 0 Å². The predicted octanol–water partition coefficient (Wildman–Crippen LogP) is 2.40. The normalized spacial score (nSPS) is 10.7. The topological polar surface area (TPSA) is 48.1 Å². The second-order valence-electron chi connectivity index (χ2n) is 3.77. The van der Waals surface area contributed by atoms with E-state index < -0.39 is 0 Å². The molecule has 2 rings (SSSR count). The molecule has 0 spiro atoms. The minimum Gasteiger partial charge on any atom is -0.493 e. The lowest BCUT2D eigenvalue weighted by Crippen LogP contribution is -2.02. The van der Waals surface area contributed by atoms with Gasteiger partial charge in [-0.2, -0.15) is 0 Å². The summed E-state index contributed by atoms with van der Waals surface area (Å²) in [5.74, 6) is 0.868. The zero-order valence-electron chi connectivity index (χ0n) is 9.66. The quantitative estimate of drug-likeness (QED) is 0.857. The first-order valence-electron chi connectivity index (χ1n) is 5.47. The summed E-state index contributed by atoms with van der Waals surface area (Å²) in [7, 11) is 0. The predicted molar refractivity (Wildman–Crippen MR) is 65.5 cm³/mol. The Morgan fingerprint density at radius 2 is 2.12 bits per heavy atom. The third kappa shape index (κ3) is 1.99. The molecule has 0 bridgehead atoms. The van der Waals surface area contributed by atoms with Crippen molar-refractivity contribution in [3.63, 3.8) is 0 Å². The molecular weight excluding hydrogens is 200 g/mol. The largest absolute Gasteiger partial charge is 0.493 e. The van der Waals surface area contributed by atoms with Gasteiger partial charge in [-0.25, -0.2) is 0 Å². The third-order valence-corrected chi connectivity index (χ3v) is 2.49. The van der Waals surface area contributed by atoms with Crippen molar-refractivity contribution in [3.05, 3.63) is 35.5 Å². The van der Waals surface area contributed by atoms with E-state index in [0.717, 1.165) is 22.3 Å². The van der Waals surface area contributed by atoms with E-state index in [1.54, 1.807) is 0 Å². The molecular formula is C13H16N2O. The number of rotatable bonds is 3. The van der Waals surface area contributed by atoms with Crippen LogP contribution in [0.2, 0.25) is 0 Å². The second kappa shape index (κ2) is 4.49. The molecule has 3 heteroatoms. The molecule has 0 atom stereocenters. The van der Waals surface area contributed by atoms with Gasteiger partial charge in [0.05, 0.1) is 17.8 Å². The van der Waals surface area contributed by atoms with E-state index in [4.69, 9.17) is 10.5 Å². The summed E-state index contributed by atoms with van der Waals surface area (Å²) >= 11 is 0. The average Bonchev–Trinajstić information content (AvgIpc) is 2.28. The Bertz CT molecular complexity index is 509. The van der Waals surface area contributed by atoms with Crippen molar-refractivity contribution in [2.24, 2.45) is 5.73 Å². The fourth-order valence-electron chi connectivity index (χ4n) is 1.74. The van der Waals surface area contributed by atoms with Gasteiger partial charge in [-0.3, -0.25) is 4.98 Å². The van der Waals surface area contributed by atoms with Crippen LogP contribution in [0.25, 0.3) is 10.9 Å². The molecule has 2 N–H and O–H groups in total. The maximum Gasteiger partial charge on any atom is 0.130 e. The minimum atomic E-state index is 0.434. The molecule has 1 aromatic carbocycles. The number of nitrogens with zero attached hydrogens (tertiary/aromatic N) is 1. The Balaban J connectivity index is 2.66. The zero-order chi connectivity index (χ0) is 11.5. The summed E-state index contributed by atoms with van der Waals surface area (Å²) in [4.78, 5) is 4.49. The highest BCUT2D eigenvalue weighted by Gasteiger charge is 2.05.